The standard InChI is InChI=1S/C17H26N4O3/c1-13-10-14(24-18-13)11-16(23)21-9-8-20(3)17(12-21)5-4-15(22)19(2)7-6-17/h10H,4-9,11-12H2,1-3H3/t17-/m0/s1. The molecule has 1 atom stereocenters. The fourth-order valence-corrected chi connectivity index (χ4v) is 3.73. The van der Waals surface area contributed by atoms with Crippen LogP contribution in [0.1, 0.15) is 30.7 Å². The first-order chi connectivity index (χ1) is 11.4. The van der Waals surface area contributed by atoms with Crippen LogP contribution in [-0.4, -0.2) is 77.5 Å². The Bertz CT molecular complexity index is 629. The molecule has 1 spiro atoms. The van der Waals surface area contributed by atoms with Gasteiger partial charge in [-0.1, -0.05) is 5.16 Å². The fraction of sp³-hybridized carbons (Fsp3) is 0.706. The van der Waals surface area contributed by atoms with E-state index in [9.17, 15) is 9.59 Å². The van der Waals surface area contributed by atoms with E-state index in [4.69, 9.17) is 4.52 Å². The van der Waals surface area contributed by atoms with Crippen LogP contribution in [-0.2, 0) is 16.0 Å². The van der Waals surface area contributed by atoms with Gasteiger partial charge < -0.3 is 14.3 Å². The van der Waals surface area contributed by atoms with Gasteiger partial charge in [-0.05, 0) is 26.8 Å². The van der Waals surface area contributed by atoms with Crippen molar-refractivity contribution in [1.82, 2.24) is 19.9 Å². The Kier molecular flexibility index (Phi) is 4.62. The SMILES string of the molecule is Cc1cc(CC(=O)N2CCN(C)[C@]3(CCC(=O)N(C)CC3)C2)on1. The highest BCUT2D eigenvalue weighted by atomic mass is 16.5. The van der Waals surface area contributed by atoms with Gasteiger partial charge in [0.05, 0.1) is 12.1 Å². The molecule has 24 heavy (non-hydrogen) atoms. The van der Waals surface area contributed by atoms with Crippen molar-refractivity contribution >= 4 is 11.8 Å². The fourth-order valence-electron chi connectivity index (χ4n) is 3.73. The first kappa shape index (κ1) is 17.0. The third-order valence-electron chi connectivity index (χ3n) is 5.50. The number of likely N-dealkylation sites (N-methyl/N-ethyl adjacent to an activating group) is 1. The van der Waals surface area contributed by atoms with Crippen LogP contribution in [0.4, 0.5) is 0 Å². The summed E-state index contributed by atoms with van der Waals surface area (Å²) < 4.78 is 5.17. The zero-order valence-electron chi connectivity index (χ0n) is 14.7. The van der Waals surface area contributed by atoms with Crippen LogP contribution in [0.5, 0.6) is 0 Å². The third kappa shape index (κ3) is 3.31. The molecule has 3 heterocycles. The van der Waals surface area contributed by atoms with Gasteiger partial charge >= 0.3 is 0 Å². The Morgan fingerprint density at radius 1 is 1.29 bits per heavy atom. The summed E-state index contributed by atoms with van der Waals surface area (Å²) >= 11 is 0. The predicted molar refractivity (Wildman–Crippen MR) is 88.4 cm³/mol. The molecule has 0 unspecified atom stereocenters. The Hall–Kier alpha value is -1.89. The summed E-state index contributed by atoms with van der Waals surface area (Å²) in [6.07, 6.45) is 2.50. The van der Waals surface area contributed by atoms with Crippen LogP contribution >= 0.6 is 0 Å². The highest BCUT2D eigenvalue weighted by Crippen LogP contribution is 2.32. The topological polar surface area (TPSA) is 69.9 Å². The maximum absolute atomic E-state index is 12.7. The minimum Gasteiger partial charge on any atom is -0.361 e. The molecule has 7 nitrogen and oxygen atoms in total. The lowest BCUT2D eigenvalue weighted by atomic mass is 9.86. The maximum atomic E-state index is 12.7. The Morgan fingerprint density at radius 3 is 2.79 bits per heavy atom. The van der Waals surface area contributed by atoms with E-state index in [0.29, 0.717) is 25.3 Å². The van der Waals surface area contributed by atoms with Crippen LogP contribution in [0.2, 0.25) is 0 Å². The summed E-state index contributed by atoms with van der Waals surface area (Å²) in [6.45, 7) is 4.82. The van der Waals surface area contributed by atoms with Gasteiger partial charge in [0.2, 0.25) is 11.8 Å². The number of carbonyl (C=O) groups excluding carboxylic acids is 2. The van der Waals surface area contributed by atoms with E-state index in [1.165, 1.54) is 0 Å². The van der Waals surface area contributed by atoms with Gasteiger partial charge in [0.15, 0.2) is 0 Å². The van der Waals surface area contributed by atoms with Crippen molar-refractivity contribution in [3.8, 4) is 0 Å². The molecule has 2 saturated heterocycles. The van der Waals surface area contributed by atoms with Crippen molar-refractivity contribution in [2.45, 2.75) is 38.1 Å². The number of amides is 2. The highest BCUT2D eigenvalue weighted by molar-refractivity contribution is 5.79. The number of aromatic nitrogens is 1. The van der Waals surface area contributed by atoms with E-state index in [-0.39, 0.29) is 23.8 Å². The molecule has 0 bridgehead atoms. The molecule has 0 aromatic carbocycles. The smallest absolute Gasteiger partial charge is 0.230 e. The Labute approximate surface area is 142 Å². The van der Waals surface area contributed by atoms with Gasteiger partial charge in [-0.25, -0.2) is 0 Å². The summed E-state index contributed by atoms with van der Waals surface area (Å²) in [5.74, 6) is 0.879. The first-order valence-electron chi connectivity index (χ1n) is 8.55. The number of likely N-dealkylation sites (tertiary alicyclic amines) is 1. The van der Waals surface area contributed by atoms with E-state index >= 15 is 0 Å². The molecule has 2 fully saturated rings. The maximum Gasteiger partial charge on any atom is 0.230 e. The van der Waals surface area contributed by atoms with Crippen LogP contribution in [0.25, 0.3) is 0 Å². The van der Waals surface area contributed by atoms with E-state index in [1.807, 2.05) is 24.9 Å². The van der Waals surface area contributed by atoms with Crippen LogP contribution in [0.3, 0.4) is 0 Å². The Balaban J connectivity index is 1.70. The van der Waals surface area contributed by atoms with Crippen molar-refractivity contribution < 1.29 is 14.1 Å². The molecule has 3 rings (SSSR count). The summed E-state index contributed by atoms with van der Waals surface area (Å²) in [4.78, 5) is 30.7. The molecule has 2 amide bonds. The monoisotopic (exact) mass is 334 g/mol. The van der Waals surface area contributed by atoms with Crippen molar-refractivity contribution in [1.29, 1.82) is 0 Å². The highest BCUT2D eigenvalue weighted by Gasteiger charge is 2.42. The second kappa shape index (κ2) is 6.55. The molecule has 2 aliphatic rings. The number of nitrogens with zero attached hydrogens (tertiary/aromatic N) is 4. The zero-order chi connectivity index (χ0) is 17.3. The van der Waals surface area contributed by atoms with Gasteiger partial charge in [-0.2, -0.15) is 0 Å². The summed E-state index contributed by atoms with van der Waals surface area (Å²) in [5, 5.41) is 3.84. The molecule has 2 aliphatic heterocycles. The summed E-state index contributed by atoms with van der Waals surface area (Å²) in [6, 6.07) is 1.81. The molecular weight excluding hydrogens is 308 g/mol. The zero-order valence-corrected chi connectivity index (χ0v) is 14.7. The van der Waals surface area contributed by atoms with Gasteiger partial charge in [0.25, 0.3) is 0 Å². The minimum atomic E-state index is -0.105. The van der Waals surface area contributed by atoms with Crippen LogP contribution < -0.4 is 0 Å². The first-order valence-corrected chi connectivity index (χ1v) is 8.55. The van der Waals surface area contributed by atoms with Gasteiger partial charge in [0.1, 0.15) is 5.76 Å². The van der Waals surface area contributed by atoms with E-state index in [2.05, 4.69) is 17.1 Å². The lowest BCUT2D eigenvalue weighted by Gasteiger charge is -2.49. The molecule has 1 aromatic rings. The van der Waals surface area contributed by atoms with E-state index < -0.39 is 0 Å². The average Bonchev–Trinajstić information content (AvgIpc) is 2.90. The number of piperazine rings is 1. The second-order valence-corrected chi connectivity index (χ2v) is 7.14. The van der Waals surface area contributed by atoms with E-state index in [0.717, 1.165) is 31.6 Å². The van der Waals surface area contributed by atoms with Crippen molar-refractivity contribution in [2.24, 2.45) is 0 Å². The van der Waals surface area contributed by atoms with E-state index in [1.54, 1.807) is 4.90 Å². The molecule has 1 aromatic heterocycles. The van der Waals surface area contributed by atoms with Gasteiger partial charge in [-0.15, -0.1) is 0 Å². The average molecular weight is 334 g/mol. The number of carbonyl (C=O) groups is 2. The lowest BCUT2D eigenvalue weighted by molar-refractivity contribution is -0.136. The van der Waals surface area contributed by atoms with Gasteiger partial charge in [0, 0.05) is 51.3 Å². The molecule has 0 saturated carbocycles. The minimum absolute atomic E-state index is 0.0718. The third-order valence-corrected chi connectivity index (χ3v) is 5.50. The number of hydrogen-bond donors (Lipinski definition) is 0. The summed E-state index contributed by atoms with van der Waals surface area (Å²) in [5.41, 5.74) is 0.684. The Morgan fingerprint density at radius 2 is 2.08 bits per heavy atom. The summed E-state index contributed by atoms with van der Waals surface area (Å²) in [7, 11) is 3.97. The van der Waals surface area contributed by atoms with Gasteiger partial charge in [-0.3, -0.25) is 14.5 Å². The number of hydrogen-bond acceptors (Lipinski definition) is 5. The number of rotatable bonds is 2. The quantitative estimate of drug-likeness (QED) is 0.795. The molecule has 132 valence electrons. The van der Waals surface area contributed by atoms with Crippen molar-refractivity contribution in [3.05, 3.63) is 17.5 Å². The lowest BCUT2D eigenvalue weighted by Crippen LogP contribution is -2.62. The molecule has 0 N–H and O–H groups in total. The largest absolute Gasteiger partial charge is 0.361 e. The van der Waals surface area contributed by atoms with Crippen molar-refractivity contribution in [2.75, 3.05) is 40.3 Å². The predicted octanol–water partition coefficient (Wildman–Crippen LogP) is 0.681. The molecular formula is C17H26N4O3. The van der Waals surface area contributed by atoms with Crippen LogP contribution in [0.15, 0.2) is 10.6 Å². The molecule has 0 aliphatic carbocycles. The molecule has 0 radical (unpaired) electrons. The van der Waals surface area contributed by atoms with Crippen LogP contribution in [0, 0.1) is 6.92 Å². The normalized spacial score (nSPS) is 26.0. The van der Waals surface area contributed by atoms with Crippen molar-refractivity contribution in [3.63, 3.8) is 0 Å². The molecule has 7 heteroatoms. The number of aryl methyl sites for hydroxylation is 1. The second-order valence-electron chi connectivity index (χ2n) is 7.14.